The third-order valence-electron chi connectivity index (χ3n) is 9.13. The Balaban J connectivity index is 0. The summed E-state index contributed by atoms with van der Waals surface area (Å²) in [7, 11) is 1.00. The average molecular weight is 767 g/mol. The Morgan fingerprint density at radius 2 is 0.963 bits per heavy atom. The van der Waals surface area contributed by atoms with E-state index in [1.807, 2.05) is 0 Å². The van der Waals surface area contributed by atoms with Gasteiger partial charge in [-0.2, -0.15) is 0 Å². The van der Waals surface area contributed by atoms with Crippen LogP contribution in [0.5, 0.6) is 0 Å². The van der Waals surface area contributed by atoms with Crippen LogP contribution in [-0.4, -0.2) is 79.9 Å². The van der Waals surface area contributed by atoms with E-state index < -0.39 is 11.8 Å². The number of aliphatic hydroxyl groups is 2. The summed E-state index contributed by atoms with van der Waals surface area (Å²) in [6, 6.07) is 0. The second kappa shape index (κ2) is 45.0. The Hall–Kier alpha value is -2.40. The molecule has 1 unspecified atom stereocenters. The first-order valence-corrected chi connectivity index (χ1v) is 21.7. The van der Waals surface area contributed by atoms with Crippen LogP contribution in [0.1, 0.15) is 187 Å². The van der Waals surface area contributed by atoms with E-state index in [9.17, 15) is 19.2 Å². The normalized spacial score (nSPS) is 13.9. The van der Waals surface area contributed by atoms with Crippen LogP contribution in [-0.2, 0) is 28.7 Å². The monoisotopic (exact) mass is 767 g/mol. The van der Waals surface area contributed by atoms with E-state index in [1.165, 1.54) is 83.5 Å². The molecular weight excluding hydrogens is 684 g/mol. The van der Waals surface area contributed by atoms with E-state index in [0.717, 1.165) is 97.4 Å². The third kappa shape index (κ3) is 39.3. The number of carbonyl (C=O) groups is 4. The molecule has 0 aromatic rings. The van der Waals surface area contributed by atoms with E-state index >= 15 is 0 Å². The molecule has 0 radical (unpaired) electrons. The van der Waals surface area contributed by atoms with Crippen molar-refractivity contribution in [1.82, 2.24) is 10.6 Å². The van der Waals surface area contributed by atoms with Gasteiger partial charge in [0.05, 0.1) is 0 Å². The number of aliphatic hydroxyl groups excluding tert-OH is 2. The molecule has 54 heavy (non-hydrogen) atoms. The number of carbonyl (C=O) groups excluding carboxylic acids is 4. The first kappa shape index (κ1) is 53.7. The molecule has 1 rings (SSSR count). The lowest BCUT2D eigenvalue weighted by molar-refractivity contribution is -0.162. The van der Waals surface area contributed by atoms with E-state index in [-0.39, 0.29) is 30.7 Å². The van der Waals surface area contributed by atoms with Gasteiger partial charge in [0.15, 0.2) is 6.29 Å². The zero-order valence-electron chi connectivity index (χ0n) is 34.9. The largest absolute Gasteiger partial charge is 0.400 e. The molecule has 0 bridgehead atoms. The summed E-state index contributed by atoms with van der Waals surface area (Å²) in [6.45, 7) is 6.63. The van der Waals surface area contributed by atoms with E-state index in [1.54, 1.807) is 13.8 Å². The van der Waals surface area contributed by atoms with Crippen molar-refractivity contribution in [3.05, 3.63) is 24.3 Å². The van der Waals surface area contributed by atoms with Crippen LogP contribution < -0.4 is 10.6 Å². The molecule has 1 fully saturated rings. The Labute approximate surface area is 330 Å². The van der Waals surface area contributed by atoms with Gasteiger partial charge >= 0.3 is 0 Å². The standard InChI is InChI=1S/C24H43NO4.C19H35NO3.CH4O/c1-2-22(26)24(27)25-19-15-12-10-8-6-4-3-5-7-9-11-13-16-20-28-23-18-14-17-21-29-23;1-2-18(22)19(23)20-16-14-12-10-8-6-4-3-5-7-9-11-13-15-17-21;1-2/h6,8,23H,2-5,7,9-21H2,1H3,(H,25,27);6,8,21H,2-5,7,9-17H2,1H3,(H,20,23);2H,1H3/b2*8-6-;. The molecule has 316 valence electrons. The van der Waals surface area contributed by atoms with E-state index in [0.29, 0.717) is 19.7 Å². The van der Waals surface area contributed by atoms with Crippen molar-refractivity contribution in [2.75, 3.05) is 40.0 Å². The van der Waals surface area contributed by atoms with Gasteiger partial charge in [-0.15, -0.1) is 0 Å². The van der Waals surface area contributed by atoms with E-state index in [2.05, 4.69) is 34.9 Å². The van der Waals surface area contributed by atoms with Crippen molar-refractivity contribution < 1.29 is 38.9 Å². The number of unbranched alkanes of at least 4 members (excludes halogenated alkanes) is 18. The van der Waals surface area contributed by atoms with Gasteiger partial charge in [0.2, 0.25) is 11.6 Å². The predicted octanol–water partition coefficient (Wildman–Crippen LogP) is 9.00. The molecule has 1 heterocycles. The van der Waals surface area contributed by atoms with Crippen molar-refractivity contribution in [3.8, 4) is 0 Å². The molecule has 0 saturated carbocycles. The maximum Gasteiger partial charge on any atom is 0.287 e. The molecule has 1 aliphatic heterocycles. The number of allylic oxidation sites excluding steroid dienone is 4. The second-order valence-electron chi connectivity index (χ2n) is 13.9. The molecular formula is C44H82N2O8. The van der Waals surface area contributed by atoms with E-state index in [4.69, 9.17) is 19.7 Å². The van der Waals surface area contributed by atoms with Crippen molar-refractivity contribution in [3.63, 3.8) is 0 Å². The lowest BCUT2D eigenvalue weighted by Gasteiger charge is -2.22. The Kier molecular flexibility index (Phi) is 44.7. The van der Waals surface area contributed by atoms with Crippen LogP contribution in [0.3, 0.4) is 0 Å². The fraction of sp³-hybridized carbons (Fsp3) is 0.818. The highest BCUT2D eigenvalue weighted by Gasteiger charge is 2.13. The highest BCUT2D eigenvalue weighted by Crippen LogP contribution is 2.15. The number of hydrogen-bond donors (Lipinski definition) is 4. The summed E-state index contributed by atoms with van der Waals surface area (Å²) in [6.07, 6.45) is 38.9. The number of ketones is 2. The van der Waals surface area contributed by atoms with Crippen LogP contribution in [0, 0.1) is 0 Å². The molecule has 1 aliphatic rings. The summed E-state index contributed by atoms with van der Waals surface area (Å²) in [4.78, 5) is 44.7. The van der Waals surface area contributed by atoms with Gasteiger partial charge in [0, 0.05) is 52.9 Å². The molecule has 0 aromatic heterocycles. The fourth-order valence-corrected chi connectivity index (χ4v) is 5.73. The first-order chi connectivity index (χ1) is 26.5. The van der Waals surface area contributed by atoms with Crippen LogP contribution >= 0.6 is 0 Å². The van der Waals surface area contributed by atoms with Gasteiger partial charge in [-0.1, -0.05) is 102 Å². The van der Waals surface area contributed by atoms with Gasteiger partial charge in [-0.3, -0.25) is 19.2 Å². The van der Waals surface area contributed by atoms with Crippen molar-refractivity contribution in [2.24, 2.45) is 0 Å². The minimum atomic E-state index is -0.445. The number of ether oxygens (including phenoxy) is 2. The SMILES string of the molecule is CCC(=O)C(=O)NCCCC/C=C\CCCCCCCCCO.CCC(=O)C(=O)NCCCC/C=C\CCCCCCCCCOC1CCCCO1.CO. The van der Waals surface area contributed by atoms with Crippen LogP contribution in [0.4, 0.5) is 0 Å². The topological polar surface area (TPSA) is 151 Å². The van der Waals surface area contributed by atoms with Crippen molar-refractivity contribution in [1.29, 1.82) is 0 Å². The number of amides is 2. The predicted molar refractivity (Wildman–Crippen MR) is 221 cm³/mol. The molecule has 1 atom stereocenters. The summed E-state index contributed by atoms with van der Waals surface area (Å²) in [5.41, 5.74) is 0. The van der Waals surface area contributed by atoms with Gasteiger partial charge in [-0.05, 0) is 96.3 Å². The maximum absolute atomic E-state index is 11.3. The Morgan fingerprint density at radius 1 is 0.574 bits per heavy atom. The Morgan fingerprint density at radius 3 is 1.35 bits per heavy atom. The summed E-state index contributed by atoms with van der Waals surface area (Å²) in [5.74, 6) is -1.55. The molecule has 10 heteroatoms. The van der Waals surface area contributed by atoms with Gasteiger partial charge in [-0.25, -0.2) is 0 Å². The fourth-order valence-electron chi connectivity index (χ4n) is 5.73. The molecule has 0 aromatic carbocycles. The summed E-state index contributed by atoms with van der Waals surface area (Å²) >= 11 is 0. The minimum Gasteiger partial charge on any atom is -0.400 e. The van der Waals surface area contributed by atoms with Gasteiger partial charge in [0.25, 0.3) is 11.8 Å². The quantitative estimate of drug-likeness (QED) is 0.0288. The molecule has 10 nitrogen and oxygen atoms in total. The number of Topliss-reactive ketones (excluding diaryl/α,β-unsaturated/α-hetero) is 2. The molecule has 0 aliphatic carbocycles. The maximum atomic E-state index is 11.3. The highest BCUT2D eigenvalue weighted by atomic mass is 16.7. The van der Waals surface area contributed by atoms with Crippen molar-refractivity contribution >= 4 is 23.4 Å². The average Bonchev–Trinajstić information content (AvgIpc) is 3.21. The molecule has 4 N–H and O–H groups in total. The lowest BCUT2D eigenvalue weighted by Crippen LogP contribution is -2.31. The number of rotatable bonds is 34. The summed E-state index contributed by atoms with van der Waals surface area (Å²) < 4.78 is 11.3. The molecule has 1 saturated heterocycles. The summed E-state index contributed by atoms with van der Waals surface area (Å²) in [5, 5.41) is 21.0. The first-order valence-electron chi connectivity index (χ1n) is 21.7. The third-order valence-corrected chi connectivity index (χ3v) is 9.13. The number of hydrogen-bond acceptors (Lipinski definition) is 8. The second-order valence-corrected chi connectivity index (χ2v) is 13.9. The van der Waals surface area contributed by atoms with Crippen LogP contribution in [0.25, 0.3) is 0 Å². The highest BCUT2D eigenvalue weighted by molar-refractivity contribution is 6.36. The minimum absolute atomic E-state index is 0.0640. The molecule has 0 spiro atoms. The van der Waals surface area contributed by atoms with Crippen LogP contribution in [0.2, 0.25) is 0 Å². The van der Waals surface area contributed by atoms with Crippen molar-refractivity contribution in [2.45, 2.75) is 193 Å². The van der Waals surface area contributed by atoms with Gasteiger partial charge in [0.1, 0.15) is 0 Å². The smallest absolute Gasteiger partial charge is 0.287 e. The molecule has 2 amide bonds. The van der Waals surface area contributed by atoms with Crippen LogP contribution in [0.15, 0.2) is 24.3 Å². The Bertz CT molecular complexity index is 918. The zero-order valence-corrected chi connectivity index (χ0v) is 34.9. The zero-order chi connectivity index (χ0) is 40.2. The number of nitrogens with one attached hydrogen (secondary N) is 2. The lowest BCUT2D eigenvalue weighted by atomic mass is 10.1. The van der Waals surface area contributed by atoms with Gasteiger partial charge < -0.3 is 30.3 Å².